The summed E-state index contributed by atoms with van der Waals surface area (Å²) in [4.78, 5) is 2.25. The van der Waals surface area contributed by atoms with E-state index in [1.54, 1.807) is 12.1 Å². The van der Waals surface area contributed by atoms with Gasteiger partial charge in [0.2, 0.25) is 0 Å². The van der Waals surface area contributed by atoms with Crippen molar-refractivity contribution in [3.05, 3.63) is 34.6 Å². The summed E-state index contributed by atoms with van der Waals surface area (Å²) < 4.78 is 14.0. The van der Waals surface area contributed by atoms with Gasteiger partial charge >= 0.3 is 0 Å². The lowest BCUT2D eigenvalue weighted by atomic mass is 10.0. The van der Waals surface area contributed by atoms with Crippen molar-refractivity contribution in [1.29, 1.82) is 0 Å². The van der Waals surface area contributed by atoms with Crippen molar-refractivity contribution in [2.75, 3.05) is 19.6 Å². The maximum atomic E-state index is 14.0. The van der Waals surface area contributed by atoms with Crippen LogP contribution in [0.5, 0.6) is 0 Å². The van der Waals surface area contributed by atoms with E-state index in [2.05, 4.69) is 18.7 Å². The van der Waals surface area contributed by atoms with Crippen molar-refractivity contribution in [2.24, 2.45) is 17.6 Å². The number of rotatable bonds is 3. The Kier molecular flexibility index (Phi) is 4.25. The fraction of sp³-hybridized carbons (Fsp3) is 0.571. The highest BCUT2D eigenvalue weighted by molar-refractivity contribution is 6.31. The Labute approximate surface area is 113 Å². The lowest BCUT2D eigenvalue weighted by molar-refractivity contribution is 0.235. The van der Waals surface area contributed by atoms with Crippen LogP contribution in [0.25, 0.3) is 0 Å². The zero-order valence-corrected chi connectivity index (χ0v) is 11.6. The van der Waals surface area contributed by atoms with E-state index in [1.165, 1.54) is 6.07 Å². The summed E-state index contributed by atoms with van der Waals surface area (Å²) in [6, 6.07) is 4.69. The second-order valence-corrected chi connectivity index (χ2v) is 5.70. The highest BCUT2D eigenvalue weighted by atomic mass is 35.5. The van der Waals surface area contributed by atoms with Gasteiger partial charge in [-0.05, 0) is 24.0 Å². The summed E-state index contributed by atoms with van der Waals surface area (Å²) in [6.45, 7) is 6.74. The molecule has 2 nitrogen and oxygen atoms in total. The number of nitrogens with zero attached hydrogens (tertiary/aromatic N) is 1. The molecular weight excluding hydrogens is 251 g/mol. The summed E-state index contributed by atoms with van der Waals surface area (Å²) in [7, 11) is 0. The second-order valence-electron chi connectivity index (χ2n) is 5.30. The van der Waals surface area contributed by atoms with Gasteiger partial charge in [0.05, 0.1) is 6.04 Å². The molecule has 1 aliphatic rings. The summed E-state index contributed by atoms with van der Waals surface area (Å²) in [5, 5.41) is 0.470. The molecule has 0 radical (unpaired) electrons. The molecule has 4 heteroatoms. The lowest BCUT2D eigenvalue weighted by Gasteiger charge is -2.28. The molecule has 100 valence electrons. The molecule has 1 aromatic rings. The third-order valence-corrected chi connectivity index (χ3v) is 4.34. The highest BCUT2D eigenvalue weighted by Crippen LogP contribution is 2.34. The van der Waals surface area contributed by atoms with Gasteiger partial charge in [0.1, 0.15) is 5.82 Å². The van der Waals surface area contributed by atoms with Gasteiger partial charge in [-0.3, -0.25) is 4.90 Å². The fourth-order valence-electron chi connectivity index (χ4n) is 2.71. The fourth-order valence-corrected chi connectivity index (χ4v) is 3.00. The zero-order chi connectivity index (χ0) is 13.3. The maximum absolute atomic E-state index is 14.0. The van der Waals surface area contributed by atoms with E-state index >= 15 is 0 Å². The van der Waals surface area contributed by atoms with Gasteiger partial charge in [0.15, 0.2) is 0 Å². The Balaban J connectivity index is 2.29. The smallest absolute Gasteiger partial charge is 0.129 e. The molecule has 1 fully saturated rings. The van der Waals surface area contributed by atoms with Crippen LogP contribution >= 0.6 is 11.6 Å². The predicted molar refractivity (Wildman–Crippen MR) is 73.1 cm³/mol. The Bertz CT molecular complexity index is 394. The van der Waals surface area contributed by atoms with Gasteiger partial charge in [0, 0.05) is 30.2 Å². The van der Waals surface area contributed by atoms with Crippen molar-refractivity contribution < 1.29 is 4.39 Å². The molecule has 18 heavy (non-hydrogen) atoms. The van der Waals surface area contributed by atoms with Crippen LogP contribution in [-0.2, 0) is 0 Å². The molecule has 0 saturated carbocycles. The summed E-state index contributed by atoms with van der Waals surface area (Å²) in [5.41, 5.74) is 6.39. The Morgan fingerprint density at radius 2 is 2.00 bits per heavy atom. The normalized spacial score (nSPS) is 26.5. The second kappa shape index (κ2) is 5.55. The van der Waals surface area contributed by atoms with E-state index in [0.29, 0.717) is 29.0 Å². The number of hydrogen-bond donors (Lipinski definition) is 1. The van der Waals surface area contributed by atoms with E-state index in [4.69, 9.17) is 17.3 Å². The summed E-state index contributed by atoms with van der Waals surface area (Å²) >= 11 is 6.13. The number of hydrogen-bond acceptors (Lipinski definition) is 2. The minimum atomic E-state index is -0.259. The number of benzene rings is 1. The van der Waals surface area contributed by atoms with E-state index < -0.39 is 0 Å². The van der Waals surface area contributed by atoms with Gasteiger partial charge in [-0.1, -0.05) is 31.5 Å². The van der Waals surface area contributed by atoms with Crippen molar-refractivity contribution in [1.82, 2.24) is 4.90 Å². The summed E-state index contributed by atoms with van der Waals surface area (Å²) in [6.07, 6.45) is 0. The first-order valence-electron chi connectivity index (χ1n) is 6.42. The van der Waals surface area contributed by atoms with E-state index in [1.807, 2.05) is 0 Å². The van der Waals surface area contributed by atoms with E-state index in [0.717, 1.165) is 13.1 Å². The predicted octanol–water partition coefficient (Wildman–Crippen LogP) is 3.07. The maximum Gasteiger partial charge on any atom is 0.129 e. The van der Waals surface area contributed by atoms with Gasteiger partial charge in [0.25, 0.3) is 0 Å². The Morgan fingerprint density at radius 1 is 1.39 bits per heavy atom. The topological polar surface area (TPSA) is 29.3 Å². The number of likely N-dealkylation sites (tertiary alicyclic amines) is 1. The van der Waals surface area contributed by atoms with Crippen LogP contribution in [0.15, 0.2) is 18.2 Å². The van der Waals surface area contributed by atoms with Crippen LogP contribution in [0.4, 0.5) is 4.39 Å². The van der Waals surface area contributed by atoms with Crippen LogP contribution in [-0.4, -0.2) is 24.5 Å². The van der Waals surface area contributed by atoms with Gasteiger partial charge in [-0.15, -0.1) is 0 Å². The van der Waals surface area contributed by atoms with Crippen molar-refractivity contribution >= 4 is 11.6 Å². The van der Waals surface area contributed by atoms with Crippen molar-refractivity contribution in [3.8, 4) is 0 Å². The van der Waals surface area contributed by atoms with E-state index in [9.17, 15) is 4.39 Å². The average molecular weight is 271 g/mol. The standard InChI is InChI=1S/C14H20ClFN2/c1-9-7-18(8-10(9)2)13(6-17)14-11(15)4-3-5-12(14)16/h3-5,9-10,13H,6-8,17H2,1-2H3. The van der Waals surface area contributed by atoms with E-state index in [-0.39, 0.29) is 11.9 Å². The molecule has 0 aliphatic carbocycles. The molecule has 0 bridgehead atoms. The summed E-state index contributed by atoms with van der Waals surface area (Å²) in [5.74, 6) is 0.972. The van der Waals surface area contributed by atoms with Gasteiger partial charge < -0.3 is 5.73 Å². The van der Waals surface area contributed by atoms with Crippen LogP contribution in [0, 0.1) is 17.7 Å². The molecule has 2 N–H and O–H groups in total. The molecular formula is C14H20ClFN2. The van der Waals surface area contributed by atoms with Crippen LogP contribution in [0.3, 0.4) is 0 Å². The molecule has 1 aromatic carbocycles. The largest absolute Gasteiger partial charge is 0.329 e. The first-order valence-corrected chi connectivity index (χ1v) is 6.80. The minimum Gasteiger partial charge on any atom is -0.329 e. The van der Waals surface area contributed by atoms with Crippen molar-refractivity contribution in [2.45, 2.75) is 19.9 Å². The molecule has 0 amide bonds. The number of halogens is 2. The van der Waals surface area contributed by atoms with Crippen LogP contribution in [0.1, 0.15) is 25.5 Å². The Hall–Kier alpha value is -0.640. The molecule has 1 saturated heterocycles. The molecule has 2 rings (SSSR count). The third kappa shape index (κ3) is 2.53. The first-order chi connectivity index (χ1) is 8.54. The molecule has 0 aromatic heterocycles. The van der Waals surface area contributed by atoms with Crippen molar-refractivity contribution in [3.63, 3.8) is 0 Å². The quantitative estimate of drug-likeness (QED) is 0.915. The van der Waals surface area contributed by atoms with Gasteiger partial charge in [-0.2, -0.15) is 0 Å². The van der Waals surface area contributed by atoms with Crippen LogP contribution < -0.4 is 5.73 Å². The first kappa shape index (κ1) is 13.8. The molecule has 3 unspecified atom stereocenters. The lowest BCUT2D eigenvalue weighted by Crippen LogP contribution is -2.33. The molecule has 1 heterocycles. The molecule has 3 atom stereocenters. The third-order valence-electron chi connectivity index (χ3n) is 4.01. The van der Waals surface area contributed by atoms with Gasteiger partial charge in [-0.25, -0.2) is 4.39 Å². The monoisotopic (exact) mass is 270 g/mol. The van der Waals surface area contributed by atoms with Crippen LogP contribution in [0.2, 0.25) is 5.02 Å². The Morgan fingerprint density at radius 3 is 2.50 bits per heavy atom. The zero-order valence-electron chi connectivity index (χ0n) is 10.9. The highest BCUT2D eigenvalue weighted by Gasteiger charge is 2.33. The molecule has 1 aliphatic heterocycles. The molecule has 0 spiro atoms. The number of nitrogens with two attached hydrogens (primary N) is 1. The average Bonchev–Trinajstić information content (AvgIpc) is 2.64. The minimum absolute atomic E-state index is 0.119. The SMILES string of the molecule is CC1CN(C(CN)c2c(F)cccc2Cl)CC1C.